The first kappa shape index (κ1) is 19.7. The smallest absolute Gasteiger partial charge is 0.271 e. The summed E-state index contributed by atoms with van der Waals surface area (Å²) in [6, 6.07) is 10.9. The van der Waals surface area contributed by atoms with Crippen molar-refractivity contribution in [2.75, 3.05) is 13.2 Å². The van der Waals surface area contributed by atoms with Crippen molar-refractivity contribution in [1.82, 2.24) is 4.90 Å². The number of imide groups is 1. The number of aliphatic hydroxyl groups excluding tert-OH is 1. The molecule has 2 aromatic rings. The summed E-state index contributed by atoms with van der Waals surface area (Å²) in [6.45, 7) is 0.825. The molecule has 146 valence electrons. The van der Waals surface area contributed by atoms with E-state index in [9.17, 15) is 25.0 Å². The van der Waals surface area contributed by atoms with E-state index in [1.165, 1.54) is 31.2 Å². The largest absolute Gasteiger partial charge is 0.457 e. The van der Waals surface area contributed by atoms with Crippen molar-refractivity contribution < 1.29 is 24.0 Å². The van der Waals surface area contributed by atoms with Gasteiger partial charge in [-0.1, -0.05) is 12.1 Å². The second kappa shape index (κ2) is 7.92. The summed E-state index contributed by atoms with van der Waals surface area (Å²) >= 11 is 0. The van der Waals surface area contributed by atoms with Crippen LogP contribution in [-0.2, 0) is 9.59 Å². The second-order valence-electron chi connectivity index (χ2n) is 6.16. The van der Waals surface area contributed by atoms with Crippen LogP contribution < -0.4 is 0 Å². The zero-order valence-electron chi connectivity index (χ0n) is 15.3. The van der Waals surface area contributed by atoms with Gasteiger partial charge in [0.25, 0.3) is 17.5 Å². The number of non-ortho nitro benzene ring substituents is 1. The van der Waals surface area contributed by atoms with Crippen LogP contribution in [0.4, 0.5) is 5.69 Å². The molecule has 0 bridgehead atoms. The Hall–Kier alpha value is -4.03. The molecule has 0 spiro atoms. The molecule has 1 N–H and O–H groups in total. The third-order valence-electron chi connectivity index (χ3n) is 4.40. The molecule has 0 fully saturated rings. The SMILES string of the molecule is CC1=C(C#N)C(=O)N(CCO)C(=O)/C1=C\c1ccc(-c2cccc([N+](=O)[O-])c2)o1. The van der Waals surface area contributed by atoms with Gasteiger partial charge in [-0.15, -0.1) is 0 Å². The molecule has 0 saturated carbocycles. The molecule has 29 heavy (non-hydrogen) atoms. The summed E-state index contributed by atoms with van der Waals surface area (Å²) in [5, 5.41) is 29.3. The van der Waals surface area contributed by atoms with Crippen LogP contribution in [0.1, 0.15) is 12.7 Å². The number of aliphatic hydroxyl groups is 1. The van der Waals surface area contributed by atoms with Gasteiger partial charge in [-0.25, -0.2) is 0 Å². The van der Waals surface area contributed by atoms with Gasteiger partial charge in [-0.2, -0.15) is 5.26 Å². The number of hydrogen-bond acceptors (Lipinski definition) is 7. The van der Waals surface area contributed by atoms with Crippen molar-refractivity contribution in [2.24, 2.45) is 0 Å². The van der Waals surface area contributed by atoms with E-state index in [-0.39, 0.29) is 34.7 Å². The number of benzene rings is 1. The molecule has 1 aliphatic rings. The van der Waals surface area contributed by atoms with E-state index in [2.05, 4.69) is 0 Å². The lowest BCUT2D eigenvalue weighted by molar-refractivity contribution is -0.384. The van der Waals surface area contributed by atoms with Crippen LogP contribution in [-0.4, -0.2) is 39.9 Å². The summed E-state index contributed by atoms with van der Waals surface area (Å²) in [7, 11) is 0. The van der Waals surface area contributed by atoms with E-state index in [0.717, 1.165) is 4.90 Å². The Morgan fingerprint density at radius 1 is 1.28 bits per heavy atom. The molecule has 0 aliphatic carbocycles. The average molecular weight is 393 g/mol. The molecule has 0 saturated heterocycles. The maximum atomic E-state index is 12.7. The Morgan fingerprint density at radius 3 is 2.69 bits per heavy atom. The van der Waals surface area contributed by atoms with Crippen LogP contribution in [0.25, 0.3) is 17.4 Å². The lowest BCUT2D eigenvalue weighted by Crippen LogP contribution is -2.44. The van der Waals surface area contributed by atoms with Crippen molar-refractivity contribution in [3.05, 3.63) is 69.0 Å². The Balaban J connectivity index is 2.02. The lowest BCUT2D eigenvalue weighted by Gasteiger charge is -2.26. The molecule has 0 unspecified atom stereocenters. The fourth-order valence-corrected chi connectivity index (χ4v) is 2.93. The fourth-order valence-electron chi connectivity index (χ4n) is 2.93. The highest BCUT2D eigenvalue weighted by atomic mass is 16.6. The molecular weight excluding hydrogens is 378 g/mol. The quantitative estimate of drug-likeness (QED) is 0.356. The molecule has 1 aromatic carbocycles. The molecule has 3 rings (SSSR count). The molecule has 2 heterocycles. The minimum absolute atomic E-state index is 0.0862. The van der Waals surface area contributed by atoms with Gasteiger partial charge in [-0.3, -0.25) is 24.6 Å². The van der Waals surface area contributed by atoms with Gasteiger partial charge in [-0.05, 0) is 30.7 Å². The van der Waals surface area contributed by atoms with Gasteiger partial charge >= 0.3 is 0 Å². The van der Waals surface area contributed by atoms with Gasteiger partial charge < -0.3 is 9.52 Å². The minimum Gasteiger partial charge on any atom is -0.457 e. The third-order valence-corrected chi connectivity index (χ3v) is 4.40. The van der Waals surface area contributed by atoms with Crippen LogP contribution in [0.15, 0.2) is 57.5 Å². The molecule has 9 heteroatoms. The number of nitriles is 1. The van der Waals surface area contributed by atoms with Crippen molar-refractivity contribution in [1.29, 1.82) is 5.26 Å². The highest BCUT2D eigenvalue weighted by Crippen LogP contribution is 2.30. The first-order valence-electron chi connectivity index (χ1n) is 8.52. The molecule has 0 atom stereocenters. The molecular formula is C20H15N3O6. The van der Waals surface area contributed by atoms with Crippen LogP contribution in [0.3, 0.4) is 0 Å². The van der Waals surface area contributed by atoms with Gasteiger partial charge in [0.2, 0.25) is 0 Å². The van der Waals surface area contributed by atoms with Gasteiger partial charge in [0.05, 0.1) is 18.1 Å². The van der Waals surface area contributed by atoms with E-state index < -0.39 is 23.3 Å². The van der Waals surface area contributed by atoms with Crippen molar-refractivity contribution in [3.63, 3.8) is 0 Å². The molecule has 9 nitrogen and oxygen atoms in total. The predicted octanol–water partition coefficient (Wildman–Crippen LogP) is 2.44. The van der Waals surface area contributed by atoms with Crippen LogP contribution in [0.2, 0.25) is 0 Å². The minimum atomic E-state index is -0.752. The number of amides is 2. The molecule has 1 aliphatic heterocycles. The fraction of sp³-hybridized carbons (Fsp3) is 0.150. The maximum absolute atomic E-state index is 12.7. The molecule has 0 radical (unpaired) electrons. The number of hydrogen-bond donors (Lipinski definition) is 1. The van der Waals surface area contributed by atoms with Crippen LogP contribution in [0.5, 0.6) is 0 Å². The predicted molar refractivity (Wildman–Crippen MR) is 101 cm³/mol. The number of carbonyl (C=O) groups is 2. The maximum Gasteiger partial charge on any atom is 0.271 e. The number of nitrogens with zero attached hydrogens (tertiary/aromatic N) is 3. The van der Waals surface area contributed by atoms with Gasteiger partial charge in [0.1, 0.15) is 23.2 Å². The van der Waals surface area contributed by atoms with Crippen molar-refractivity contribution >= 4 is 23.6 Å². The molecule has 1 aromatic heterocycles. The summed E-state index contributed by atoms with van der Waals surface area (Å²) in [5.74, 6) is -0.772. The lowest BCUT2D eigenvalue weighted by atomic mass is 9.95. The topological polar surface area (TPSA) is 138 Å². The Kier molecular flexibility index (Phi) is 5.38. The van der Waals surface area contributed by atoms with Crippen molar-refractivity contribution in [3.8, 4) is 17.4 Å². The van der Waals surface area contributed by atoms with Crippen LogP contribution >= 0.6 is 0 Å². The highest BCUT2D eigenvalue weighted by molar-refractivity contribution is 6.19. The standard InChI is InChI=1S/C20H15N3O6/c1-12-16(19(25)22(7-8-24)20(26)17(12)11-21)10-15-5-6-18(29-15)13-3-2-4-14(9-13)23(27)28/h2-6,9-10,24H,7-8H2,1H3/b16-10-. The summed E-state index contributed by atoms with van der Waals surface area (Å²) < 4.78 is 5.69. The summed E-state index contributed by atoms with van der Waals surface area (Å²) in [6.07, 6.45) is 1.40. The number of rotatable bonds is 5. The Bertz CT molecular complexity index is 1120. The van der Waals surface area contributed by atoms with E-state index in [1.807, 2.05) is 0 Å². The monoisotopic (exact) mass is 393 g/mol. The highest BCUT2D eigenvalue weighted by Gasteiger charge is 2.35. The van der Waals surface area contributed by atoms with Gasteiger partial charge in [0, 0.05) is 23.3 Å². The van der Waals surface area contributed by atoms with Gasteiger partial charge in [0.15, 0.2) is 0 Å². The number of nitro groups is 1. The first-order chi connectivity index (χ1) is 13.9. The third kappa shape index (κ3) is 3.69. The Morgan fingerprint density at radius 2 is 2.03 bits per heavy atom. The van der Waals surface area contributed by atoms with Crippen LogP contribution in [0, 0.1) is 21.4 Å². The van der Waals surface area contributed by atoms with E-state index in [4.69, 9.17) is 9.52 Å². The average Bonchev–Trinajstić information content (AvgIpc) is 3.18. The number of furan rings is 1. The number of carbonyl (C=O) groups excluding carboxylic acids is 2. The van der Waals surface area contributed by atoms with E-state index in [1.54, 1.807) is 24.3 Å². The number of nitro benzene ring substituents is 1. The molecule has 2 amide bonds. The zero-order valence-corrected chi connectivity index (χ0v) is 15.3. The van der Waals surface area contributed by atoms with E-state index in [0.29, 0.717) is 11.3 Å². The normalized spacial score (nSPS) is 15.8. The zero-order chi connectivity index (χ0) is 21.1. The van der Waals surface area contributed by atoms with E-state index >= 15 is 0 Å². The van der Waals surface area contributed by atoms with Crippen molar-refractivity contribution in [2.45, 2.75) is 6.92 Å². The first-order valence-corrected chi connectivity index (χ1v) is 8.52. The summed E-state index contributed by atoms with van der Waals surface area (Å²) in [4.78, 5) is 36.1. The second-order valence-corrected chi connectivity index (χ2v) is 6.16. The summed E-state index contributed by atoms with van der Waals surface area (Å²) in [5.41, 5.74) is 0.520. The number of β-amino-alcohol motifs (C(OH)–C–C–N with tert-alkyl or cyclic N) is 1. The Labute approximate surface area is 164 Å².